The van der Waals surface area contributed by atoms with E-state index in [9.17, 15) is 14.3 Å². The highest BCUT2D eigenvalue weighted by atomic mass is 32.2. The number of nitrogens with zero attached hydrogens (tertiary/aromatic N) is 1. The number of rotatable bonds is 3. The molecule has 0 saturated carbocycles. The fraction of sp³-hybridized carbons (Fsp3) is 0.400. The second-order valence-electron chi connectivity index (χ2n) is 4.29. The average molecular weight is 242 g/mol. The maximum absolute atomic E-state index is 11.7. The summed E-state index contributed by atoms with van der Waals surface area (Å²) in [5.41, 5.74) is 0.631. The first-order valence-electron chi connectivity index (χ1n) is 4.74. The molecular formula is C10H14N2O3S. The Morgan fingerprint density at radius 2 is 1.75 bits per heavy atom. The summed E-state index contributed by atoms with van der Waals surface area (Å²) in [6.07, 6.45) is 0. The van der Waals surface area contributed by atoms with Crippen LogP contribution in [0.2, 0.25) is 0 Å². The van der Waals surface area contributed by atoms with Crippen LogP contribution in [-0.2, 0) is 11.0 Å². The maximum atomic E-state index is 11.7. The van der Waals surface area contributed by atoms with Crippen LogP contribution in [-0.4, -0.2) is 13.9 Å². The van der Waals surface area contributed by atoms with Crippen LogP contribution >= 0.6 is 0 Å². The van der Waals surface area contributed by atoms with E-state index in [1.54, 1.807) is 12.1 Å². The summed E-state index contributed by atoms with van der Waals surface area (Å²) in [6.45, 7) is 5.55. The Morgan fingerprint density at radius 1 is 1.25 bits per heavy atom. The summed E-state index contributed by atoms with van der Waals surface area (Å²) < 4.78 is 14.1. The Bertz CT molecular complexity index is 409. The van der Waals surface area contributed by atoms with Crippen molar-refractivity contribution in [3.05, 3.63) is 34.4 Å². The summed E-state index contributed by atoms with van der Waals surface area (Å²) in [5.74, 6) is 0. The minimum Gasteiger partial charge on any atom is -0.305 e. The van der Waals surface area contributed by atoms with Gasteiger partial charge in [-0.25, -0.2) is 4.21 Å². The van der Waals surface area contributed by atoms with Gasteiger partial charge in [0.15, 0.2) is 0 Å². The van der Waals surface area contributed by atoms with Crippen LogP contribution in [0, 0.1) is 10.1 Å². The van der Waals surface area contributed by atoms with Gasteiger partial charge in [0.25, 0.3) is 5.69 Å². The third-order valence-corrected chi connectivity index (χ3v) is 3.38. The number of hydrogen-bond acceptors (Lipinski definition) is 3. The lowest BCUT2D eigenvalue weighted by Gasteiger charge is -2.18. The first-order valence-corrected chi connectivity index (χ1v) is 5.88. The van der Waals surface area contributed by atoms with Gasteiger partial charge in [0.2, 0.25) is 0 Å². The highest BCUT2D eigenvalue weighted by Crippen LogP contribution is 2.19. The van der Waals surface area contributed by atoms with Crippen molar-refractivity contribution < 1.29 is 9.13 Å². The highest BCUT2D eigenvalue weighted by Gasteiger charge is 2.19. The van der Waals surface area contributed by atoms with E-state index in [0.717, 1.165) is 0 Å². The van der Waals surface area contributed by atoms with Crippen LogP contribution in [0.4, 0.5) is 11.4 Å². The zero-order valence-corrected chi connectivity index (χ0v) is 10.2. The summed E-state index contributed by atoms with van der Waals surface area (Å²) in [5, 5.41) is 10.4. The van der Waals surface area contributed by atoms with Crippen LogP contribution < -0.4 is 4.72 Å². The molecular weight excluding hydrogens is 228 g/mol. The van der Waals surface area contributed by atoms with Crippen LogP contribution in [0.3, 0.4) is 0 Å². The van der Waals surface area contributed by atoms with Gasteiger partial charge in [0.1, 0.15) is 11.0 Å². The van der Waals surface area contributed by atoms with Gasteiger partial charge in [-0.15, -0.1) is 0 Å². The molecule has 0 aliphatic heterocycles. The first kappa shape index (κ1) is 12.6. The van der Waals surface area contributed by atoms with Crippen molar-refractivity contribution in [1.29, 1.82) is 0 Å². The molecule has 1 rings (SSSR count). The summed E-state index contributed by atoms with van der Waals surface area (Å²) in [6, 6.07) is 5.84. The van der Waals surface area contributed by atoms with Crippen molar-refractivity contribution in [3.63, 3.8) is 0 Å². The predicted octanol–water partition coefficient (Wildman–Crippen LogP) is 2.47. The van der Waals surface area contributed by atoms with Gasteiger partial charge in [-0.2, -0.15) is 0 Å². The SMILES string of the molecule is CC(C)(C)[S@](=O)Nc1ccc([N+](=O)[O-])cc1. The zero-order chi connectivity index (χ0) is 12.3. The number of nitro groups is 1. The number of anilines is 1. The number of benzene rings is 1. The molecule has 0 saturated heterocycles. The molecule has 0 spiro atoms. The average Bonchev–Trinajstić information content (AvgIpc) is 2.17. The number of hydrogen-bond donors (Lipinski definition) is 1. The van der Waals surface area contributed by atoms with Crippen molar-refractivity contribution in [2.24, 2.45) is 0 Å². The van der Waals surface area contributed by atoms with E-state index in [-0.39, 0.29) is 10.4 Å². The number of nitrogens with one attached hydrogen (secondary N) is 1. The summed E-state index contributed by atoms with van der Waals surface area (Å²) in [7, 11) is -1.23. The third-order valence-electron chi connectivity index (χ3n) is 1.84. The second-order valence-corrected chi connectivity index (χ2v) is 6.25. The molecule has 5 nitrogen and oxygen atoms in total. The first-order chi connectivity index (χ1) is 7.30. The lowest BCUT2D eigenvalue weighted by molar-refractivity contribution is -0.384. The number of nitro benzene ring substituents is 1. The molecule has 1 N–H and O–H groups in total. The molecule has 1 aromatic carbocycles. The molecule has 0 bridgehead atoms. The van der Waals surface area contributed by atoms with Crippen LogP contribution in [0.25, 0.3) is 0 Å². The van der Waals surface area contributed by atoms with Gasteiger partial charge in [0, 0.05) is 17.8 Å². The summed E-state index contributed by atoms with van der Waals surface area (Å²) >= 11 is 0. The van der Waals surface area contributed by atoms with Crippen molar-refractivity contribution in [2.75, 3.05) is 4.72 Å². The molecule has 0 radical (unpaired) electrons. The molecule has 0 aromatic heterocycles. The third kappa shape index (κ3) is 3.30. The fourth-order valence-electron chi connectivity index (χ4n) is 0.911. The minimum absolute atomic E-state index is 0.0205. The molecule has 88 valence electrons. The molecule has 16 heavy (non-hydrogen) atoms. The van der Waals surface area contributed by atoms with Gasteiger partial charge in [-0.05, 0) is 32.9 Å². The molecule has 1 atom stereocenters. The number of non-ortho nitro benzene ring substituents is 1. The minimum atomic E-state index is -1.23. The maximum Gasteiger partial charge on any atom is 0.269 e. The van der Waals surface area contributed by atoms with Crippen molar-refractivity contribution in [1.82, 2.24) is 0 Å². The zero-order valence-electron chi connectivity index (χ0n) is 9.39. The lowest BCUT2D eigenvalue weighted by Crippen LogP contribution is -2.27. The highest BCUT2D eigenvalue weighted by molar-refractivity contribution is 7.87. The van der Waals surface area contributed by atoms with Crippen molar-refractivity contribution >= 4 is 22.4 Å². The van der Waals surface area contributed by atoms with Gasteiger partial charge in [-0.3, -0.25) is 10.1 Å². The van der Waals surface area contributed by atoms with E-state index < -0.39 is 15.9 Å². The predicted molar refractivity (Wildman–Crippen MR) is 64.6 cm³/mol. The molecule has 0 unspecified atom stereocenters. The Morgan fingerprint density at radius 3 is 2.12 bits per heavy atom. The fourth-order valence-corrected chi connectivity index (χ4v) is 1.57. The Hall–Kier alpha value is -1.43. The molecule has 0 aliphatic carbocycles. The largest absolute Gasteiger partial charge is 0.305 e. The van der Waals surface area contributed by atoms with E-state index in [0.29, 0.717) is 5.69 Å². The van der Waals surface area contributed by atoms with Gasteiger partial charge >= 0.3 is 0 Å². The van der Waals surface area contributed by atoms with E-state index in [1.165, 1.54) is 12.1 Å². The quantitative estimate of drug-likeness (QED) is 0.653. The molecule has 6 heteroatoms. The van der Waals surface area contributed by atoms with E-state index in [4.69, 9.17) is 0 Å². The molecule has 1 aromatic rings. The molecule has 0 heterocycles. The molecule has 0 amide bonds. The van der Waals surface area contributed by atoms with Gasteiger partial charge in [0.05, 0.1) is 9.67 Å². The lowest BCUT2D eigenvalue weighted by atomic mass is 10.3. The topological polar surface area (TPSA) is 72.2 Å². The monoisotopic (exact) mass is 242 g/mol. The normalized spacial score (nSPS) is 13.2. The Labute approximate surface area is 96.6 Å². The van der Waals surface area contributed by atoms with E-state index in [2.05, 4.69) is 4.72 Å². The molecule has 0 aliphatic rings. The van der Waals surface area contributed by atoms with Crippen molar-refractivity contribution in [3.8, 4) is 0 Å². The van der Waals surface area contributed by atoms with Crippen LogP contribution in [0.15, 0.2) is 24.3 Å². The smallest absolute Gasteiger partial charge is 0.269 e. The van der Waals surface area contributed by atoms with Gasteiger partial charge in [-0.1, -0.05) is 0 Å². The van der Waals surface area contributed by atoms with Gasteiger partial charge < -0.3 is 4.72 Å². The van der Waals surface area contributed by atoms with E-state index in [1.807, 2.05) is 20.8 Å². The Kier molecular flexibility index (Phi) is 3.64. The second kappa shape index (κ2) is 4.61. The van der Waals surface area contributed by atoms with E-state index >= 15 is 0 Å². The molecule has 0 fully saturated rings. The van der Waals surface area contributed by atoms with Crippen molar-refractivity contribution in [2.45, 2.75) is 25.5 Å². The van der Waals surface area contributed by atoms with Crippen LogP contribution in [0.1, 0.15) is 20.8 Å². The Balaban J connectivity index is 2.77. The summed E-state index contributed by atoms with van der Waals surface area (Å²) in [4.78, 5) is 9.95. The standard InChI is InChI=1S/C10H14N2O3S/c1-10(2,3)16(15)11-8-4-6-9(7-5-8)12(13)14/h4-7,11H,1-3H3/t16-/m0/s1. The van der Waals surface area contributed by atoms with Crippen LogP contribution in [0.5, 0.6) is 0 Å².